The van der Waals surface area contributed by atoms with Crippen molar-refractivity contribution in [3.63, 3.8) is 0 Å². The maximum absolute atomic E-state index is 13.0. The molecule has 0 amide bonds. The molecule has 0 aromatic heterocycles. The van der Waals surface area contributed by atoms with E-state index in [2.05, 4.69) is 0 Å². The average Bonchev–Trinajstić information content (AvgIpc) is 3.62. The van der Waals surface area contributed by atoms with E-state index in [9.17, 15) is 4.79 Å². The molecule has 2 saturated heterocycles. The molecule has 4 atom stereocenters. The van der Waals surface area contributed by atoms with Gasteiger partial charge < -0.3 is 9.47 Å². The largest absolute Gasteiger partial charge is 0.361 e. The number of ether oxygens (including phenoxy) is 2. The lowest BCUT2D eigenvalue weighted by atomic mass is 9.86. The Bertz CT molecular complexity index is 972. The number of halogens is 1. The molecule has 3 aromatic carbocycles. The number of Topliss-reactive ketones (excluding diaryl/α,β-unsaturated/α-hetero) is 1. The molecular weight excluding hydrogens is 360 g/mol. The topological polar surface area (TPSA) is 42.1 Å². The number of rotatable bonds is 5. The Balaban J connectivity index is 1.47. The van der Waals surface area contributed by atoms with Gasteiger partial charge in [-0.3, -0.25) is 4.79 Å². The zero-order chi connectivity index (χ0) is 18.4. The van der Waals surface area contributed by atoms with Crippen LogP contribution in [0.4, 0.5) is 0 Å². The summed E-state index contributed by atoms with van der Waals surface area (Å²) in [5.41, 5.74) is 1.93. The molecule has 4 heteroatoms. The summed E-state index contributed by atoms with van der Waals surface area (Å²) in [7, 11) is 0. The summed E-state index contributed by atoms with van der Waals surface area (Å²) < 4.78 is 12.1. The quantitative estimate of drug-likeness (QED) is 0.467. The van der Waals surface area contributed by atoms with Crippen LogP contribution >= 0.6 is 11.6 Å². The van der Waals surface area contributed by atoms with Gasteiger partial charge in [0.05, 0.1) is 0 Å². The van der Waals surface area contributed by atoms with E-state index in [1.165, 1.54) is 0 Å². The third kappa shape index (κ3) is 2.79. The van der Waals surface area contributed by atoms with E-state index in [4.69, 9.17) is 21.1 Å². The van der Waals surface area contributed by atoms with Gasteiger partial charge >= 0.3 is 0 Å². The van der Waals surface area contributed by atoms with Crippen LogP contribution in [0.5, 0.6) is 0 Å². The van der Waals surface area contributed by atoms with Crippen molar-refractivity contribution >= 4 is 17.4 Å². The maximum Gasteiger partial charge on any atom is 0.195 e. The van der Waals surface area contributed by atoms with Gasteiger partial charge in [-0.05, 0) is 23.3 Å². The highest BCUT2D eigenvalue weighted by Gasteiger charge is 2.73. The Hall–Kier alpha value is -2.46. The van der Waals surface area contributed by atoms with E-state index < -0.39 is 11.7 Å². The average molecular weight is 377 g/mol. The number of carbonyl (C=O) groups excluding carboxylic acids is 1. The molecule has 134 valence electrons. The van der Waals surface area contributed by atoms with Gasteiger partial charge in [0.15, 0.2) is 17.5 Å². The van der Waals surface area contributed by atoms with Crippen LogP contribution in [0.25, 0.3) is 0 Å². The minimum Gasteiger partial charge on any atom is -0.361 e. The van der Waals surface area contributed by atoms with Gasteiger partial charge in [0, 0.05) is 10.6 Å². The van der Waals surface area contributed by atoms with Crippen LogP contribution < -0.4 is 0 Å². The lowest BCUT2D eigenvalue weighted by Gasteiger charge is -2.11. The van der Waals surface area contributed by atoms with Crippen molar-refractivity contribution in [1.82, 2.24) is 0 Å². The number of hydrogen-bond acceptors (Lipinski definition) is 3. The number of ketones is 1. The first kappa shape index (κ1) is 16.7. The Labute approximate surface area is 162 Å². The Kier molecular flexibility index (Phi) is 3.90. The van der Waals surface area contributed by atoms with Gasteiger partial charge in [-0.15, -0.1) is 0 Å². The Morgan fingerprint density at radius 2 is 1.48 bits per heavy atom. The van der Waals surface area contributed by atoms with Crippen LogP contribution in [0.3, 0.4) is 0 Å². The molecule has 0 saturated carbocycles. The summed E-state index contributed by atoms with van der Waals surface area (Å²) >= 11 is 5.99. The van der Waals surface area contributed by atoms with Crippen LogP contribution in [0, 0.1) is 0 Å². The first-order valence-corrected chi connectivity index (χ1v) is 9.31. The van der Waals surface area contributed by atoms with Crippen LogP contribution in [0.2, 0.25) is 5.02 Å². The molecule has 3 aromatic rings. The van der Waals surface area contributed by atoms with Crippen molar-refractivity contribution in [2.45, 2.75) is 23.9 Å². The summed E-state index contributed by atoms with van der Waals surface area (Å²) in [6.07, 6.45) is -0.834. The zero-order valence-corrected chi connectivity index (χ0v) is 15.2. The van der Waals surface area contributed by atoms with Crippen LogP contribution in [0.1, 0.15) is 27.6 Å². The molecule has 2 aliphatic heterocycles. The van der Waals surface area contributed by atoms with Gasteiger partial charge in [0.1, 0.15) is 12.2 Å². The van der Waals surface area contributed by atoms with Crippen molar-refractivity contribution in [2.75, 3.05) is 0 Å². The van der Waals surface area contributed by atoms with Gasteiger partial charge in [0.2, 0.25) is 0 Å². The summed E-state index contributed by atoms with van der Waals surface area (Å²) in [5.74, 6) is -0.00944. The molecule has 5 rings (SSSR count). The molecule has 0 radical (unpaired) electrons. The van der Waals surface area contributed by atoms with Crippen LogP contribution in [-0.2, 0) is 15.1 Å². The molecule has 0 aliphatic carbocycles. The van der Waals surface area contributed by atoms with Crippen molar-refractivity contribution < 1.29 is 14.3 Å². The second-order valence-electron chi connectivity index (χ2n) is 6.92. The highest BCUT2D eigenvalue weighted by Crippen LogP contribution is 2.61. The van der Waals surface area contributed by atoms with E-state index in [0.717, 1.165) is 11.1 Å². The second kappa shape index (κ2) is 6.31. The molecule has 0 bridgehead atoms. The normalized spacial score (nSPS) is 28.6. The fraction of sp³-hybridized carbons (Fsp3) is 0.174. The minimum atomic E-state index is -0.738. The second-order valence-corrected chi connectivity index (χ2v) is 7.35. The molecule has 0 spiro atoms. The van der Waals surface area contributed by atoms with Crippen molar-refractivity contribution in [2.24, 2.45) is 0 Å². The highest BCUT2D eigenvalue weighted by molar-refractivity contribution is 6.30. The monoisotopic (exact) mass is 376 g/mol. The smallest absolute Gasteiger partial charge is 0.195 e. The summed E-state index contributed by atoms with van der Waals surface area (Å²) in [4.78, 5) is 13.0. The van der Waals surface area contributed by atoms with Crippen LogP contribution in [0.15, 0.2) is 84.9 Å². The predicted octanol–water partition coefficient (Wildman–Crippen LogP) is 4.96. The zero-order valence-electron chi connectivity index (χ0n) is 14.4. The van der Waals surface area contributed by atoms with Crippen molar-refractivity contribution in [3.05, 3.63) is 107 Å². The minimum absolute atomic E-state index is 0.00944. The van der Waals surface area contributed by atoms with E-state index in [1.54, 1.807) is 0 Å². The van der Waals surface area contributed by atoms with Gasteiger partial charge in [-0.1, -0.05) is 84.4 Å². The first-order chi connectivity index (χ1) is 13.2. The molecule has 2 fully saturated rings. The fourth-order valence-electron chi connectivity index (χ4n) is 3.81. The first-order valence-electron chi connectivity index (χ1n) is 8.94. The number of epoxide rings is 2. The summed E-state index contributed by atoms with van der Waals surface area (Å²) in [5, 5.41) is 0.688. The summed E-state index contributed by atoms with van der Waals surface area (Å²) in [6, 6.07) is 26.8. The fourth-order valence-corrected chi connectivity index (χ4v) is 3.93. The molecule has 2 heterocycles. The summed E-state index contributed by atoms with van der Waals surface area (Å²) in [6.45, 7) is 0. The molecule has 3 nitrogen and oxygen atoms in total. The van der Waals surface area contributed by atoms with Crippen LogP contribution in [-0.4, -0.2) is 18.0 Å². The molecule has 2 aliphatic rings. The van der Waals surface area contributed by atoms with Gasteiger partial charge in [0.25, 0.3) is 0 Å². The van der Waals surface area contributed by atoms with E-state index in [-0.39, 0.29) is 18.0 Å². The van der Waals surface area contributed by atoms with Crippen molar-refractivity contribution in [3.8, 4) is 0 Å². The molecule has 0 unspecified atom stereocenters. The lowest BCUT2D eigenvalue weighted by molar-refractivity contribution is 0.0953. The Morgan fingerprint density at radius 1 is 0.852 bits per heavy atom. The van der Waals surface area contributed by atoms with Crippen molar-refractivity contribution in [1.29, 1.82) is 0 Å². The molecule has 27 heavy (non-hydrogen) atoms. The highest BCUT2D eigenvalue weighted by atomic mass is 35.5. The van der Waals surface area contributed by atoms with E-state index >= 15 is 0 Å². The Morgan fingerprint density at radius 3 is 2.15 bits per heavy atom. The SMILES string of the molecule is O=C(c1ccccc1)[C@@H]1O[C@@]1(c1ccccc1)[C@H]1O[C@H]1c1ccc(Cl)cc1. The van der Waals surface area contributed by atoms with Gasteiger partial charge in [-0.25, -0.2) is 0 Å². The third-order valence-corrected chi connectivity index (χ3v) is 5.53. The third-order valence-electron chi connectivity index (χ3n) is 5.28. The molecular formula is C23H17ClO3. The molecule has 0 N–H and O–H groups in total. The number of benzene rings is 3. The number of carbonyl (C=O) groups is 1. The maximum atomic E-state index is 13.0. The van der Waals surface area contributed by atoms with E-state index in [1.807, 2.05) is 84.9 Å². The van der Waals surface area contributed by atoms with E-state index in [0.29, 0.717) is 10.6 Å². The predicted molar refractivity (Wildman–Crippen MR) is 103 cm³/mol. The lowest BCUT2D eigenvalue weighted by Crippen LogP contribution is -2.25. The number of hydrogen-bond donors (Lipinski definition) is 0. The standard InChI is InChI=1S/C23H17ClO3/c24-18-13-11-16(12-14-18)20-22(26-20)23(17-9-5-2-6-10-17)21(27-23)19(25)15-7-3-1-4-8-15/h1-14,20-22H/t20-,21-,22-,23+/m0/s1. The van der Waals surface area contributed by atoms with Gasteiger partial charge in [-0.2, -0.15) is 0 Å².